The summed E-state index contributed by atoms with van der Waals surface area (Å²) < 4.78 is 0. The predicted octanol–water partition coefficient (Wildman–Crippen LogP) is 1.93. The molecule has 0 radical (unpaired) electrons. The second-order valence-corrected chi connectivity index (χ2v) is 7.83. The second-order valence-electron chi connectivity index (χ2n) is 7.44. The van der Waals surface area contributed by atoms with Gasteiger partial charge in [0, 0.05) is 12.6 Å². The van der Waals surface area contributed by atoms with Gasteiger partial charge in [0.25, 0.3) is 5.91 Å². The molecule has 7 heteroatoms. The summed E-state index contributed by atoms with van der Waals surface area (Å²) in [6.45, 7) is 6.46. The molecule has 2 heterocycles. The number of carbonyl (C=O) groups excluding carboxylic acids is 2. The van der Waals surface area contributed by atoms with Crippen LogP contribution in [-0.4, -0.2) is 45.1 Å². The zero-order chi connectivity index (χ0) is 17.9. The summed E-state index contributed by atoms with van der Waals surface area (Å²) in [5.74, 6) is -0.549. The van der Waals surface area contributed by atoms with Crippen molar-refractivity contribution in [3.8, 4) is 0 Å². The van der Waals surface area contributed by atoms with E-state index >= 15 is 0 Å². The number of nitrogens with one attached hydrogen (secondary N) is 1. The first-order chi connectivity index (χ1) is 11.3. The molecule has 136 valence electrons. The maximum atomic E-state index is 12.2. The van der Waals surface area contributed by atoms with E-state index in [4.69, 9.17) is 18.0 Å². The summed E-state index contributed by atoms with van der Waals surface area (Å²) >= 11 is 5.37. The van der Waals surface area contributed by atoms with Crippen molar-refractivity contribution < 1.29 is 9.59 Å². The van der Waals surface area contributed by atoms with Crippen molar-refractivity contribution in [2.45, 2.75) is 77.3 Å². The number of hydrogen-bond donors (Lipinski definition) is 2. The maximum Gasteiger partial charge on any atom is 0.253 e. The van der Waals surface area contributed by atoms with Crippen molar-refractivity contribution in [1.29, 1.82) is 0 Å². The number of hydrazine groups is 1. The number of thiocarbonyl (C=S) groups is 1. The van der Waals surface area contributed by atoms with Gasteiger partial charge in [0.15, 0.2) is 5.11 Å². The lowest BCUT2D eigenvalue weighted by Crippen LogP contribution is -2.56. The molecule has 2 saturated heterocycles. The molecule has 2 aliphatic heterocycles. The minimum atomic E-state index is -0.732. The van der Waals surface area contributed by atoms with Crippen molar-refractivity contribution in [3.63, 3.8) is 0 Å². The smallest absolute Gasteiger partial charge is 0.253 e. The highest BCUT2D eigenvalue weighted by atomic mass is 32.1. The number of nitrogens with two attached hydrogens (primary N) is 1. The fraction of sp³-hybridized carbons (Fsp3) is 0.824. The van der Waals surface area contributed by atoms with E-state index in [-0.39, 0.29) is 23.8 Å². The molecule has 2 amide bonds. The lowest BCUT2D eigenvalue weighted by molar-refractivity contribution is -0.131. The number of amides is 2. The highest BCUT2D eigenvalue weighted by molar-refractivity contribution is 7.80. The zero-order valence-corrected chi connectivity index (χ0v) is 15.8. The average molecular weight is 355 g/mol. The molecule has 2 fully saturated rings. The third-order valence-corrected chi connectivity index (χ3v) is 5.46. The van der Waals surface area contributed by atoms with Crippen molar-refractivity contribution in [2.24, 2.45) is 11.7 Å². The Bertz CT molecular complexity index is 509. The Kier molecular flexibility index (Phi) is 6.20. The number of rotatable bonds is 8. The first-order valence-electron chi connectivity index (χ1n) is 9.00. The predicted molar refractivity (Wildman–Crippen MR) is 97.8 cm³/mol. The van der Waals surface area contributed by atoms with Gasteiger partial charge in [-0.05, 0) is 38.9 Å². The van der Waals surface area contributed by atoms with Crippen LogP contribution in [0.25, 0.3) is 0 Å². The highest BCUT2D eigenvalue weighted by Gasteiger charge is 2.50. The molecular formula is C17H30N4O2S. The van der Waals surface area contributed by atoms with Crippen LogP contribution in [0.15, 0.2) is 0 Å². The molecule has 0 aliphatic carbocycles. The first-order valence-corrected chi connectivity index (χ1v) is 9.41. The molecule has 2 atom stereocenters. The standard InChI is InChI=1S/C17H30N4O2S/c1-4-5-6-7-8-9-13-10-12(14(18)22)11-20(13)21-16(24)19-15(23)17(21,2)3/h12-13H,4-11H2,1-3H3,(H2,18,22)(H,19,23,24). The van der Waals surface area contributed by atoms with E-state index in [1.54, 1.807) is 0 Å². The third kappa shape index (κ3) is 3.88. The largest absolute Gasteiger partial charge is 0.369 e. The van der Waals surface area contributed by atoms with E-state index < -0.39 is 5.54 Å². The molecule has 0 saturated carbocycles. The Labute approximate surface area is 150 Å². The van der Waals surface area contributed by atoms with Gasteiger partial charge in [0.1, 0.15) is 5.54 Å². The monoisotopic (exact) mass is 354 g/mol. The highest BCUT2D eigenvalue weighted by Crippen LogP contribution is 2.34. The van der Waals surface area contributed by atoms with E-state index in [0.29, 0.717) is 11.7 Å². The van der Waals surface area contributed by atoms with Gasteiger partial charge in [-0.25, -0.2) is 5.01 Å². The van der Waals surface area contributed by atoms with Gasteiger partial charge in [0.05, 0.1) is 5.92 Å². The van der Waals surface area contributed by atoms with Crippen molar-refractivity contribution in [1.82, 2.24) is 15.3 Å². The van der Waals surface area contributed by atoms with Gasteiger partial charge < -0.3 is 5.73 Å². The van der Waals surface area contributed by atoms with Crippen LogP contribution in [0, 0.1) is 5.92 Å². The van der Waals surface area contributed by atoms with Crippen LogP contribution < -0.4 is 11.1 Å². The van der Waals surface area contributed by atoms with E-state index in [9.17, 15) is 9.59 Å². The molecular weight excluding hydrogens is 324 g/mol. The molecule has 0 aromatic rings. The zero-order valence-electron chi connectivity index (χ0n) is 15.0. The lowest BCUT2D eigenvalue weighted by Gasteiger charge is -2.40. The number of unbranched alkanes of at least 4 members (excludes halogenated alkanes) is 4. The second kappa shape index (κ2) is 7.78. The van der Waals surface area contributed by atoms with Crippen LogP contribution in [0.4, 0.5) is 0 Å². The van der Waals surface area contributed by atoms with Gasteiger partial charge >= 0.3 is 0 Å². The minimum Gasteiger partial charge on any atom is -0.369 e. The normalized spacial score (nSPS) is 26.9. The summed E-state index contributed by atoms with van der Waals surface area (Å²) in [6, 6.07) is 0.203. The fourth-order valence-electron chi connectivity index (χ4n) is 3.69. The molecule has 24 heavy (non-hydrogen) atoms. The first kappa shape index (κ1) is 19.1. The SMILES string of the molecule is CCCCCCCC1CC(C(N)=O)CN1N1C(=S)NC(=O)C1(C)C. The fourth-order valence-corrected chi connectivity index (χ4v) is 4.12. The van der Waals surface area contributed by atoms with E-state index in [1.165, 1.54) is 25.7 Å². The molecule has 0 spiro atoms. The number of primary amides is 1. The molecule has 2 aliphatic rings. The van der Waals surface area contributed by atoms with E-state index in [1.807, 2.05) is 18.9 Å². The molecule has 0 aromatic heterocycles. The number of carbonyl (C=O) groups is 2. The number of hydrogen-bond acceptors (Lipinski definition) is 4. The molecule has 3 N–H and O–H groups in total. The van der Waals surface area contributed by atoms with Crippen molar-refractivity contribution in [2.75, 3.05) is 6.54 Å². The van der Waals surface area contributed by atoms with E-state index in [2.05, 4.69) is 17.2 Å². The van der Waals surface area contributed by atoms with Gasteiger partial charge in [-0.15, -0.1) is 0 Å². The van der Waals surface area contributed by atoms with Crippen LogP contribution in [0.2, 0.25) is 0 Å². The van der Waals surface area contributed by atoms with Crippen molar-refractivity contribution >= 4 is 29.1 Å². The Balaban J connectivity index is 2.07. The summed E-state index contributed by atoms with van der Waals surface area (Å²) in [5, 5.41) is 7.14. The Morgan fingerprint density at radius 1 is 1.33 bits per heavy atom. The van der Waals surface area contributed by atoms with E-state index in [0.717, 1.165) is 19.3 Å². The van der Waals surface area contributed by atoms with Gasteiger partial charge in [-0.3, -0.25) is 19.9 Å². The summed E-state index contributed by atoms with van der Waals surface area (Å²) in [7, 11) is 0. The van der Waals surface area contributed by atoms with Gasteiger partial charge in [-0.2, -0.15) is 0 Å². The molecule has 6 nitrogen and oxygen atoms in total. The third-order valence-electron chi connectivity index (χ3n) is 5.18. The maximum absolute atomic E-state index is 12.2. The van der Waals surface area contributed by atoms with Crippen LogP contribution in [0.5, 0.6) is 0 Å². The topological polar surface area (TPSA) is 78.7 Å². The summed E-state index contributed by atoms with van der Waals surface area (Å²) in [5.41, 5.74) is 4.81. The molecule has 0 aromatic carbocycles. The summed E-state index contributed by atoms with van der Waals surface area (Å²) in [6.07, 6.45) is 7.79. The van der Waals surface area contributed by atoms with Crippen LogP contribution in [0.3, 0.4) is 0 Å². The molecule has 2 unspecified atom stereocenters. The van der Waals surface area contributed by atoms with Gasteiger partial charge in [0.2, 0.25) is 5.91 Å². The Hall–Kier alpha value is -1.21. The Morgan fingerprint density at radius 3 is 2.54 bits per heavy atom. The van der Waals surface area contributed by atoms with Crippen LogP contribution >= 0.6 is 12.2 Å². The molecule has 0 bridgehead atoms. The lowest BCUT2D eigenvalue weighted by atomic mass is 10.0. The van der Waals surface area contributed by atoms with Gasteiger partial charge in [-0.1, -0.05) is 39.0 Å². The minimum absolute atomic E-state index is 0.100. The van der Waals surface area contributed by atoms with Crippen LogP contribution in [-0.2, 0) is 9.59 Å². The summed E-state index contributed by atoms with van der Waals surface area (Å²) in [4.78, 5) is 23.9. The molecule has 2 rings (SSSR count). The average Bonchev–Trinajstić information content (AvgIpc) is 2.98. The number of nitrogens with zero attached hydrogens (tertiary/aromatic N) is 2. The van der Waals surface area contributed by atoms with Crippen molar-refractivity contribution in [3.05, 3.63) is 0 Å². The Morgan fingerprint density at radius 2 is 2.00 bits per heavy atom. The van der Waals surface area contributed by atoms with Crippen LogP contribution in [0.1, 0.15) is 65.7 Å². The quantitative estimate of drug-likeness (QED) is 0.514.